The summed E-state index contributed by atoms with van der Waals surface area (Å²) >= 11 is 0. The molecule has 0 aromatic carbocycles. The van der Waals surface area contributed by atoms with Crippen molar-refractivity contribution in [3.05, 3.63) is 36.7 Å². The summed E-state index contributed by atoms with van der Waals surface area (Å²) in [4.78, 5) is 6.26. The molecule has 2 nitrogen and oxygen atoms in total. The van der Waals surface area contributed by atoms with Crippen molar-refractivity contribution in [1.82, 2.24) is 9.97 Å². The Hall–Kier alpha value is -0.740. The summed E-state index contributed by atoms with van der Waals surface area (Å²) < 4.78 is 0. The standard InChI is InChI=1S/C8H8N2S2/c1-3-7(9-5-1)11-12-8-4-2-6-10-8/h1-6,9-10H. The third-order valence-corrected chi connectivity index (χ3v) is 3.64. The summed E-state index contributed by atoms with van der Waals surface area (Å²) in [7, 11) is 3.43. The Morgan fingerprint density at radius 2 is 1.33 bits per heavy atom. The van der Waals surface area contributed by atoms with Crippen molar-refractivity contribution in [2.24, 2.45) is 0 Å². The van der Waals surface area contributed by atoms with Crippen molar-refractivity contribution in [1.29, 1.82) is 0 Å². The SMILES string of the molecule is c1c[nH]c(SSc2ccc[nH]2)c1. The highest BCUT2D eigenvalue weighted by atomic mass is 33.1. The topological polar surface area (TPSA) is 31.6 Å². The number of hydrogen-bond acceptors (Lipinski definition) is 2. The van der Waals surface area contributed by atoms with Crippen molar-refractivity contribution in [2.75, 3.05) is 0 Å². The number of hydrogen-bond donors (Lipinski definition) is 2. The first kappa shape index (κ1) is 7.89. The van der Waals surface area contributed by atoms with Crippen LogP contribution in [0.4, 0.5) is 0 Å². The Balaban J connectivity index is 1.91. The monoisotopic (exact) mass is 196 g/mol. The van der Waals surface area contributed by atoms with Gasteiger partial charge in [-0.2, -0.15) is 0 Å². The van der Waals surface area contributed by atoms with Crippen LogP contribution >= 0.6 is 21.6 Å². The van der Waals surface area contributed by atoms with Crippen LogP contribution in [0.25, 0.3) is 0 Å². The average Bonchev–Trinajstić information content (AvgIpc) is 2.74. The van der Waals surface area contributed by atoms with Crippen molar-refractivity contribution in [3.63, 3.8) is 0 Å². The highest BCUT2D eigenvalue weighted by molar-refractivity contribution is 8.76. The van der Waals surface area contributed by atoms with E-state index >= 15 is 0 Å². The third kappa shape index (κ3) is 1.89. The van der Waals surface area contributed by atoms with Crippen LogP contribution in [0.15, 0.2) is 46.7 Å². The molecule has 2 aromatic heterocycles. The predicted octanol–water partition coefficient (Wildman–Crippen LogP) is 3.14. The normalized spacial score (nSPS) is 10.3. The first-order chi connectivity index (χ1) is 5.95. The summed E-state index contributed by atoms with van der Waals surface area (Å²) in [5, 5.41) is 2.35. The summed E-state index contributed by atoms with van der Waals surface area (Å²) in [5.41, 5.74) is 0. The Labute approximate surface area is 78.6 Å². The second-order valence-corrected chi connectivity index (χ2v) is 4.45. The molecule has 12 heavy (non-hydrogen) atoms. The van der Waals surface area contributed by atoms with E-state index in [9.17, 15) is 0 Å². The summed E-state index contributed by atoms with van der Waals surface area (Å²) in [5.74, 6) is 0. The van der Waals surface area contributed by atoms with E-state index in [0.717, 1.165) is 0 Å². The van der Waals surface area contributed by atoms with E-state index in [-0.39, 0.29) is 0 Å². The molecule has 0 spiro atoms. The molecule has 0 saturated heterocycles. The molecule has 0 unspecified atom stereocenters. The van der Waals surface area contributed by atoms with Gasteiger partial charge in [0.05, 0.1) is 10.1 Å². The van der Waals surface area contributed by atoms with Gasteiger partial charge in [-0.15, -0.1) is 0 Å². The molecule has 0 aliphatic rings. The molecular weight excluding hydrogens is 188 g/mol. The van der Waals surface area contributed by atoms with Crippen molar-refractivity contribution >= 4 is 21.6 Å². The van der Waals surface area contributed by atoms with Gasteiger partial charge in [-0.05, 0) is 45.9 Å². The molecule has 2 rings (SSSR count). The molecule has 2 N–H and O–H groups in total. The Morgan fingerprint density at radius 1 is 0.833 bits per heavy atom. The van der Waals surface area contributed by atoms with Crippen LogP contribution in [0, 0.1) is 0 Å². The molecule has 62 valence electrons. The molecule has 2 heterocycles. The maximum atomic E-state index is 3.13. The van der Waals surface area contributed by atoms with Crippen molar-refractivity contribution < 1.29 is 0 Å². The van der Waals surface area contributed by atoms with Crippen LogP contribution in [0.3, 0.4) is 0 Å². The van der Waals surface area contributed by atoms with Crippen LogP contribution in [0.2, 0.25) is 0 Å². The van der Waals surface area contributed by atoms with E-state index in [2.05, 4.69) is 22.1 Å². The third-order valence-electron chi connectivity index (χ3n) is 1.36. The lowest BCUT2D eigenvalue weighted by Gasteiger charge is -1.93. The summed E-state index contributed by atoms with van der Waals surface area (Å²) in [6.45, 7) is 0. The fourth-order valence-electron chi connectivity index (χ4n) is 0.821. The van der Waals surface area contributed by atoms with Gasteiger partial charge < -0.3 is 9.97 Å². The van der Waals surface area contributed by atoms with E-state index < -0.39 is 0 Å². The zero-order valence-corrected chi connectivity index (χ0v) is 7.91. The molecule has 0 aliphatic heterocycles. The number of rotatable bonds is 3. The highest BCUT2D eigenvalue weighted by Gasteiger charge is 1.96. The summed E-state index contributed by atoms with van der Waals surface area (Å²) in [6.07, 6.45) is 3.86. The highest BCUT2D eigenvalue weighted by Crippen LogP contribution is 2.34. The van der Waals surface area contributed by atoms with Crippen LogP contribution in [0.1, 0.15) is 0 Å². The van der Waals surface area contributed by atoms with Gasteiger partial charge in [0.1, 0.15) is 0 Å². The fraction of sp³-hybridized carbons (Fsp3) is 0. The average molecular weight is 196 g/mol. The van der Waals surface area contributed by atoms with Gasteiger partial charge in [0, 0.05) is 12.4 Å². The Bertz CT molecular complexity index is 278. The summed E-state index contributed by atoms with van der Waals surface area (Å²) in [6, 6.07) is 8.11. The van der Waals surface area contributed by atoms with Gasteiger partial charge >= 0.3 is 0 Å². The number of H-pyrrole nitrogens is 2. The van der Waals surface area contributed by atoms with E-state index in [4.69, 9.17) is 0 Å². The zero-order valence-electron chi connectivity index (χ0n) is 6.28. The van der Waals surface area contributed by atoms with Gasteiger partial charge in [0.2, 0.25) is 0 Å². The van der Waals surface area contributed by atoms with E-state index in [1.807, 2.05) is 24.5 Å². The Kier molecular flexibility index (Phi) is 2.48. The van der Waals surface area contributed by atoms with Crippen molar-refractivity contribution in [3.8, 4) is 0 Å². The van der Waals surface area contributed by atoms with Gasteiger partial charge in [0.25, 0.3) is 0 Å². The van der Waals surface area contributed by atoms with E-state index in [1.54, 1.807) is 21.6 Å². The van der Waals surface area contributed by atoms with Crippen LogP contribution in [-0.4, -0.2) is 9.97 Å². The number of aromatic nitrogens is 2. The first-order valence-electron chi connectivity index (χ1n) is 3.56. The fourth-order valence-corrected chi connectivity index (χ4v) is 2.66. The smallest absolute Gasteiger partial charge is 0.0833 e. The minimum atomic E-state index is 1.18. The number of aromatic amines is 2. The van der Waals surface area contributed by atoms with Gasteiger partial charge in [0.15, 0.2) is 0 Å². The minimum absolute atomic E-state index is 1.18. The van der Waals surface area contributed by atoms with E-state index in [0.29, 0.717) is 0 Å². The second-order valence-electron chi connectivity index (χ2n) is 2.24. The molecule has 0 amide bonds. The minimum Gasteiger partial charge on any atom is -0.356 e. The lowest BCUT2D eigenvalue weighted by atomic mass is 10.7. The number of nitrogens with one attached hydrogen (secondary N) is 2. The van der Waals surface area contributed by atoms with Crippen LogP contribution in [0.5, 0.6) is 0 Å². The molecule has 2 aromatic rings. The molecule has 0 fully saturated rings. The van der Waals surface area contributed by atoms with Gasteiger partial charge in [-0.1, -0.05) is 0 Å². The maximum absolute atomic E-state index is 3.13. The molecule has 0 atom stereocenters. The molecule has 4 heteroatoms. The largest absolute Gasteiger partial charge is 0.356 e. The first-order valence-corrected chi connectivity index (χ1v) is 5.71. The lowest BCUT2D eigenvalue weighted by molar-refractivity contribution is 1.20. The Morgan fingerprint density at radius 3 is 1.67 bits per heavy atom. The second kappa shape index (κ2) is 3.78. The van der Waals surface area contributed by atoms with Gasteiger partial charge in [-0.3, -0.25) is 0 Å². The van der Waals surface area contributed by atoms with Gasteiger partial charge in [-0.25, -0.2) is 0 Å². The quantitative estimate of drug-likeness (QED) is 0.739. The molecule has 0 bridgehead atoms. The molecule has 0 radical (unpaired) electrons. The van der Waals surface area contributed by atoms with E-state index in [1.165, 1.54) is 10.1 Å². The van der Waals surface area contributed by atoms with Crippen LogP contribution in [-0.2, 0) is 0 Å². The lowest BCUT2D eigenvalue weighted by Crippen LogP contribution is -1.65. The maximum Gasteiger partial charge on any atom is 0.0833 e. The van der Waals surface area contributed by atoms with Crippen molar-refractivity contribution in [2.45, 2.75) is 10.1 Å². The predicted molar refractivity (Wildman–Crippen MR) is 53.3 cm³/mol. The molecule has 0 saturated carbocycles. The molecular formula is C8H8N2S2. The molecule has 0 aliphatic carbocycles. The van der Waals surface area contributed by atoms with Crippen LogP contribution < -0.4 is 0 Å². The zero-order chi connectivity index (χ0) is 8.23.